The number of carbonyl (C=O) groups is 1. The third-order valence-corrected chi connectivity index (χ3v) is 5.62. The largest absolute Gasteiger partial charge is 0.497 e. The second kappa shape index (κ2) is 8.93. The molecule has 1 saturated heterocycles. The van der Waals surface area contributed by atoms with Crippen LogP contribution in [-0.2, 0) is 4.79 Å². The topological polar surface area (TPSA) is 71.0 Å². The number of benzene rings is 1. The van der Waals surface area contributed by atoms with Crippen LogP contribution in [0.1, 0.15) is 39.5 Å². The number of rotatable bonds is 6. The Hall–Kier alpha value is -1.79. The zero-order valence-corrected chi connectivity index (χ0v) is 16.6. The molecule has 0 spiro atoms. The van der Waals surface area contributed by atoms with Gasteiger partial charge in [-0.15, -0.1) is 0 Å². The molecule has 6 nitrogen and oxygen atoms in total. The van der Waals surface area contributed by atoms with Crippen molar-refractivity contribution in [3.05, 3.63) is 24.3 Å². The van der Waals surface area contributed by atoms with Crippen LogP contribution < -0.4 is 14.8 Å². The third kappa shape index (κ3) is 4.74. The maximum atomic E-state index is 12.3. The molecule has 1 aliphatic carbocycles. The molecule has 27 heavy (non-hydrogen) atoms. The fraction of sp³-hybridized carbons (Fsp3) is 0.667. The number of methoxy groups -OCH3 is 1. The van der Waals surface area contributed by atoms with Crippen molar-refractivity contribution >= 4 is 5.91 Å². The quantitative estimate of drug-likeness (QED) is 0.797. The van der Waals surface area contributed by atoms with Gasteiger partial charge in [-0.05, 0) is 38.1 Å². The van der Waals surface area contributed by atoms with Gasteiger partial charge in [0.25, 0.3) is 0 Å². The van der Waals surface area contributed by atoms with Gasteiger partial charge in [0.2, 0.25) is 5.91 Å². The third-order valence-electron chi connectivity index (χ3n) is 5.62. The fourth-order valence-corrected chi connectivity index (χ4v) is 4.13. The van der Waals surface area contributed by atoms with Crippen LogP contribution in [0.2, 0.25) is 0 Å². The highest BCUT2D eigenvalue weighted by atomic mass is 16.5. The molecule has 1 saturated carbocycles. The van der Waals surface area contributed by atoms with Gasteiger partial charge in [-0.3, -0.25) is 9.69 Å². The van der Waals surface area contributed by atoms with E-state index >= 15 is 0 Å². The number of ether oxygens (including phenoxy) is 2. The van der Waals surface area contributed by atoms with Crippen LogP contribution in [0.4, 0.5) is 0 Å². The lowest BCUT2D eigenvalue weighted by Gasteiger charge is -2.37. The van der Waals surface area contributed by atoms with E-state index in [1.807, 2.05) is 38.1 Å². The number of piperidine rings is 1. The van der Waals surface area contributed by atoms with Crippen LogP contribution in [0.15, 0.2) is 24.3 Å². The molecule has 1 aromatic rings. The predicted molar refractivity (Wildman–Crippen MR) is 104 cm³/mol. The van der Waals surface area contributed by atoms with Crippen molar-refractivity contribution in [2.45, 2.75) is 63.8 Å². The first-order valence-electron chi connectivity index (χ1n) is 10.0. The zero-order valence-electron chi connectivity index (χ0n) is 16.6. The Kier molecular flexibility index (Phi) is 6.60. The fourth-order valence-electron chi connectivity index (χ4n) is 4.13. The van der Waals surface area contributed by atoms with Gasteiger partial charge in [0.1, 0.15) is 23.7 Å². The summed E-state index contributed by atoms with van der Waals surface area (Å²) in [7, 11) is 1.62. The van der Waals surface area contributed by atoms with Crippen LogP contribution in [0.3, 0.4) is 0 Å². The number of aliphatic hydroxyl groups excluding tert-OH is 1. The molecular weight excluding hydrogens is 344 g/mol. The van der Waals surface area contributed by atoms with Gasteiger partial charge >= 0.3 is 0 Å². The molecule has 0 aromatic heterocycles. The van der Waals surface area contributed by atoms with Gasteiger partial charge in [0.05, 0.1) is 19.2 Å². The Balaban J connectivity index is 1.75. The number of hydrogen-bond acceptors (Lipinski definition) is 5. The summed E-state index contributed by atoms with van der Waals surface area (Å²) in [6, 6.07) is 7.20. The molecule has 150 valence electrons. The summed E-state index contributed by atoms with van der Waals surface area (Å²) in [4.78, 5) is 14.6. The lowest BCUT2D eigenvalue weighted by atomic mass is 10.0. The van der Waals surface area contributed by atoms with Gasteiger partial charge in [0.15, 0.2) is 0 Å². The lowest BCUT2D eigenvalue weighted by Crippen LogP contribution is -2.55. The number of carbonyl (C=O) groups excluding carboxylic acids is 1. The smallest absolute Gasteiger partial charge is 0.222 e. The van der Waals surface area contributed by atoms with Gasteiger partial charge < -0.3 is 19.9 Å². The number of nitrogens with zero attached hydrogens (tertiary/aromatic N) is 1. The van der Waals surface area contributed by atoms with Gasteiger partial charge in [-0.1, -0.05) is 26.3 Å². The Labute approximate surface area is 161 Å². The molecule has 2 N–H and O–H groups in total. The molecule has 2 aliphatic rings. The van der Waals surface area contributed by atoms with Crippen LogP contribution >= 0.6 is 0 Å². The molecule has 2 fully saturated rings. The second-order valence-corrected chi connectivity index (χ2v) is 7.92. The summed E-state index contributed by atoms with van der Waals surface area (Å²) in [6.45, 7) is 5.70. The van der Waals surface area contributed by atoms with E-state index in [0.717, 1.165) is 31.7 Å². The average molecular weight is 376 g/mol. The van der Waals surface area contributed by atoms with Gasteiger partial charge in [-0.2, -0.15) is 0 Å². The molecule has 1 amide bonds. The second-order valence-electron chi connectivity index (χ2n) is 7.92. The molecule has 0 radical (unpaired) electrons. The summed E-state index contributed by atoms with van der Waals surface area (Å²) < 4.78 is 11.4. The summed E-state index contributed by atoms with van der Waals surface area (Å²) >= 11 is 0. The number of aliphatic hydroxyl groups is 1. The normalized spacial score (nSPS) is 28.9. The summed E-state index contributed by atoms with van der Waals surface area (Å²) in [5.41, 5.74) is 0. The standard InChI is InChI=1S/C21H32N2O4/c1-14(2)21(25)22-17-13-18(27-16-9-7-8-15(12-16)26-3)20(24)19(17)23-10-5-4-6-11-23/h7-9,12,14,17-20,24H,4-6,10-11,13H2,1-3H3,(H,22,25)/t17-,18-,19+,20+/m1/s1. The van der Waals surface area contributed by atoms with Crippen molar-refractivity contribution < 1.29 is 19.4 Å². The van der Waals surface area contributed by atoms with Crippen LogP contribution in [0.25, 0.3) is 0 Å². The number of likely N-dealkylation sites (tertiary alicyclic amines) is 1. The first-order valence-corrected chi connectivity index (χ1v) is 10.0. The van der Waals surface area contributed by atoms with Crippen molar-refractivity contribution in [2.24, 2.45) is 5.92 Å². The highest BCUT2D eigenvalue weighted by Crippen LogP contribution is 2.32. The first-order chi connectivity index (χ1) is 13.0. The van der Waals surface area contributed by atoms with E-state index in [1.54, 1.807) is 7.11 Å². The summed E-state index contributed by atoms with van der Waals surface area (Å²) in [5, 5.41) is 14.2. The van der Waals surface area contributed by atoms with Crippen molar-refractivity contribution in [3.8, 4) is 11.5 Å². The number of hydrogen-bond donors (Lipinski definition) is 2. The maximum absolute atomic E-state index is 12.3. The molecule has 3 rings (SSSR count). The van der Waals surface area contributed by atoms with E-state index < -0.39 is 6.10 Å². The molecule has 4 atom stereocenters. The van der Waals surface area contributed by atoms with Crippen molar-refractivity contribution in [3.63, 3.8) is 0 Å². The van der Waals surface area contributed by atoms with Crippen LogP contribution in [-0.4, -0.2) is 60.4 Å². The SMILES string of the molecule is COc1cccc(O[C@@H]2C[C@@H](NC(=O)C(C)C)[C@H](N3CCCCC3)[C@H]2O)c1. The van der Waals surface area contributed by atoms with E-state index in [-0.39, 0.29) is 30.0 Å². The highest BCUT2D eigenvalue weighted by Gasteiger charge is 2.47. The van der Waals surface area contributed by atoms with Crippen molar-refractivity contribution in [1.29, 1.82) is 0 Å². The Morgan fingerprint density at radius 3 is 2.59 bits per heavy atom. The van der Waals surface area contributed by atoms with Gasteiger partial charge in [-0.25, -0.2) is 0 Å². The lowest BCUT2D eigenvalue weighted by molar-refractivity contribution is -0.125. The predicted octanol–water partition coefficient (Wildman–Crippen LogP) is 2.20. The van der Waals surface area contributed by atoms with E-state index in [4.69, 9.17) is 9.47 Å². The monoisotopic (exact) mass is 376 g/mol. The van der Waals surface area contributed by atoms with E-state index in [2.05, 4.69) is 10.2 Å². The van der Waals surface area contributed by atoms with E-state index in [0.29, 0.717) is 12.2 Å². The molecule has 1 heterocycles. The van der Waals surface area contributed by atoms with Crippen LogP contribution in [0.5, 0.6) is 11.5 Å². The minimum absolute atomic E-state index is 0.0243. The molecule has 0 unspecified atom stereocenters. The first kappa shape index (κ1) is 20.0. The molecule has 6 heteroatoms. The van der Waals surface area contributed by atoms with E-state index in [9.17, 15) is 9.90 Å². The van der Waals surface area contributed by atoms with Crippen LogP contribution in [0, 0.1) is 5.92 Å². The average Bonchev–Trinajstić information content (AvgIpc) is 2.97. The zero-order chi connectivity index (χ0) is 19.4. The molecule has 1 aliphatic heterocycles. The highest BCUT2D eigenvalue weighted by molar-refractivity contribution is 5.78. The molecule has 1 aromatic carbocycles. The van der Waals surface area contributed by atoms with Crippen molar-refractivity contribution in [1.82, 2.24) is 10.2 Å². The molecule has 0 bridgehead atoms. The summed E-state index contributed by atoms with van der Waals surface area (Å²) in [6.07, 6.45) is 3.09. The summed E-state index contributed by atoms with van der Waals surface area (Å²) in [5.74, 6) is 1.34. The minimum Gasteiger partial charge on any atom is -0.497 e. The van der Waals surface area contributed by atoms with Crippen molar-refractivity contribution in [2.75, 3.05) is 20.2 Å². The Morgan fingerprint density at radius 1 is 1.22 bits per heavy atom. The number of nitrogens with one attached hydrogen (secondary N) is 1. The van der Waals surface area contributed by atoms with E-state index in [1.165, 1.54) is 6.42 Å². The minimum atomic E-state index is -0.647. The molecular formula is C21H32N2O4. The van der Waals surface area contributed by atoms with Gasteiger partial charge in [0, 0.05) is 18.4 Å². The Bertz CT molecular complexity index is 630. The maximum Gasteiger partial charge on any atom is 0.222 e. The number of amides is 1. The Morgan fingerprint density at radius 2 is 1.93 bits per heavy atom.